The number of thiophene rings is 1. The fraction of sp³-hybridized carbons (Fsp3) is 0.500. The van der Waals surface area contributed by atoms with Crippen LogP contribution < -0.4 is 0 Å². The van der Waals surface area contributed by atoms with E-state index in [0.717, 1.165) is 29.9 Å². The van der Waals surface area contributed by atoms with Gasteiger partial charge in [-0.15, -0.1) is 23.1 Å². The lowest BCUT2D eigenvalue weighted by Crippen LogP contribution is -1.90. The highest BCUT2D eigenvalue weighted by Crippen LogP contribution is 2.25. The van der Waals surface area contributed by atoms with Gasteiger partial charge in [-0.2, -0.15) is 0 Å². The van der Waals surface area contributed by atoms with Gasteiger partial charge in [0.1, 0.15) is 4.88 Å². The lowest BCUT2D eigenvalue weighted by atomic mass is 10.3. The van der Waals surface area contributed by atoms with Crippen LogP contribution in [0.25, 0.3) is 0 Å². The highest BCUT2D eigenvalue weighted by molar-refractivity contribution is 7.99. The molecule has 0 radical (unpaired) electrons. The second-order valence-electron chi connectivity index (χ2n) is 3.08. The zero-order valence-electron chi connectivity index (χ0n) is 8.31. The fourth-order valence-electron chi connectivity index (χ4n) is 1.09. The average Bonchev–Trinajstić information content (AvgIpc) is 2.66. The molecular weight excluding hydrogens is 232 g/mol. The maximum absolute atomic E-state index is 10.6. The summed E-state index contributed by atoms with van der Waals surface area (Å²) in [6, 6.07) is 1.71. The summed E-state index contributed by atoms with van der Waals surface area (Å²) in [7, 11) is 0. The van der Waals surface area contributed by atoms with Crippen molar-refractivity contribution in [2.24, 2.45) is 0 Å². The molecule has 0 fully saturated rings. The van der Waals surface area contributed by atoms with E-state index in [-0.39, 0.29) is 6.61 Å². The summed E-state index contributed by atoms with van der Waals surface area (Å²) in [5.74, 6) is 0.127. The second-order valence-corrected chi connectivity index (χ2v) is 5.16. The largest absolute Gasteiger partial charge is 0.477 e. The van der Waals surface area contributed by atoms with Crippen LogP contribution in [0.1, 0.15) is 28.9 Å². The van der Waals surface area contributed by atoms with Crippen LogP contribution in [0.4, 0.5) is 0 Å². The minimum Gasteiger partial charge on any atom is -0.477 e. The van der Waals surface area contributed by atoms with Crippen molar-refractivity contribution in [1.29, 1.82) is 0 Å². The van der Waals surface area contributed by atoms with E-state index in [1.54, 1.807) is 17.8 Å². The maximum Gasteiger partial charge on any atom is 0.345 e. The molecule has 0 aliphatic heterocycles. The Hall–Kier alpha value is -0.520. The van der Waals surface area contributed by atoms with Gasteiger partial charge in [0.15, 0.2) is 0 Å². The Morgan fingerprint density at radius 3 is 2.80 bits per heavy atom. The van der Waals surface area contributed by atoms with E-state index in [2.05, 4.69) is 0 Å². The number of hydrogen-bond donors (Lipinski definition) is 2. The first kappa shape index (κ1) is 12.5. The monoisotopic (exact) mass is 246 g/mol. The number of thioether (sulfide) groups is 1. The Bertz CT molecular complexity index is 309. The quantitative estimate of drug-likeness (QED) is 0.573. The van der Waals surface area contributed by atoms with Gasteiger partial charge >= 0.3 is 5.97 Å². The van der Waals surface area contributed by atoms with E-state index in [1.807, 2.05) is 5.38 Å². The van der Waals surface area contributed by atoms with E-state index in [1.165, 1.54) is 11.3 Å². The molecule has 0 atom stereocenters. The summed E-state index contributed by atoms with van der Waals surface area (Å²) in [6.07, 6.45) is 2.94. The summed E-state index contributed by atoms with van der Waals surface area (Å²) in [4.78, 5) is 12.0. The van der Waals surface area contributed by atoms with Crippen LogP contribution in [-0.2, 0) is 0 Å². The number of carboxylic acid groups (broad SMARTS) is 1. The molecule has 3 nitrogen and oxygen atoms in total. The van der Waals surface area contributed by atoms with Crippen LogP contribution in [-0.4, -0.2) is 28.5 Å². The van der Waals surface area contributed by atoms with Gasteiger partial charge in [-0.1, -0.05) is 6.42 Å². The van der Waals surface area contributed by atoms with Crippen LogP contribution in [0.15, 0.2) is 16.3 Å². The fourth-order valence-corrected chi connectivity index (χ4v) is 2.97. The first-order valence-corrected chi connectivity index (χ1v) is 6.66. The zero-order valence-corrected chi connectivity index (χ0v) is 9.94. The highest BCUT2D eigenvalue weighted by atomic mass is 32.2. The summed E-state index contributed by atoms with van der Waals surface area (Å²) in [6.45, 7) is 0.256. The van der Waals surface area contributed by atoms with E-state index < -0.39 is 5.97 Å². The number of carbonyl (C=O) groups is 1. The Kier molecular flexibility index (Phi) is 5.75. The number of carboxylic acids is 1. The van der Waals surface area contributed by atoms with Crippen molar-refractivity contribution in [2.75, 3.05) is 12.4 Å². The molecule has 0 saturated carbocycles. The number of unbranched alkanes of at least 4 members (excludes halogenated alkanes) is 2. The zero-order chi connectivity index (χ0) is 11.1. The SMILES string of the molecule is O=C(O)c1cc(SCCCCCO)cs1. The molecule has 1 heterocycles. The number of rotatable bonds is 7. The van der Waals surface area contributed by atoms with Crippen LogP contribution >= 0.6 is 23.1 Å². The first-order chi connectivity index (χ1) is 7.24. The molecular formula is C10H14O3S2. The highest BCUT2D eigenvalue weighted by Gasteiger charge is 2.06. The van der Waals surface area contributed by atoms with Gasteiger partial charge in [0.2, 0.25) is 0 Å². The second kappa shape index (κ2) is 6.87. The van der Waals surface area contributed by atoms with Crippen LogP contribution in [0.2, 0.25) is 0 Å². The molecule has 1 rings (SSSR count). The number of aromatic carboxylic acids is 1. The Labute approximate surface area is 97.1 Å². The molecule has 0 aromatic carbocycles. The van der Waals surface area contributed by atoms with Gasteiger partial charge in [-0.3, -0.25) is 0 Å². The molecule has 0 bridgehead atoms. The standard InChI is InChI=1S/C10H14O3S2/c11-4-2-1-3-5-14-8-6-9(10(12)13)15-7-8/h6-7,11H,1-5H2,(H,12,13). The van der Waals surface area contributed by atoms with Gasteiger partial charge in [0.25, 0.3) is 0 Å². The predicted molar refractivity (Wildman–Crippen MR) is 62.9 cm³/mol. The number of hydrogen-bond acceptors (Lipinski definition) is 4. The summed E-state index contributed by atoms with van der Waals surface area (Å²) in [5, 5.41) is 19.2. The molecule has 84 valence electrons. The van der Waals surface area contributed by atoms with Gasteiger partial charge in [0, 0.05) is 16.9 Å². The molecule has 1 aromatic heterocycles. The van der Waals surface area contributed by atoms with Crippen molar-refractivity contribution < 1.29 is 15.0 Å². The van der Waals surface area contributed by atoms with Gasteiger partial charge < -0.3 is 10.2 Å². The molecule has 0 saturated heterocycles. The maximum atomic E-state index is 10.6. The van der Waals surface area contributed by atoms with E-state index >= 15 is 0 Å². The third-order valence-electron chi connectivity index (χ3n) is 1.86. The van der Waals surface area contributed by atoms with Gasteiger partial charge in [-0.25, -0.2) is 4.79 Å². The molecule has 0 amide bonds. The van der Waals surface area contributed by atoms with Crippen molar-refractivity contribution in [3.63, 3.8) is 0 Å². The molecule has 0 unspecified atom stereocenters. The first-order valence-electron chi connectivity index (χ1n) is 4.79. The van der Waals surface area contributed by atoms with Crippen LogP contribution in [0.3, 0.4) is 0 Å². The van der Waals surface area contributed by atoms with E-state index in [0.29, 0.717) is 4.88 Å². The molecule has 2 N–H and O–H groups in total. The van der Waals surface area contributed by atoms with Crippen molar-refractivity contribution in [2.45, 2.75) is 24.2 Å². The normalized spacial score (nSPS) is 10.5. The smallest absolute Gasteiger partial charge is 0.345 e. The Balaban J connectivity index is 2.23. The van der Waals surface area contributed by atoms with Crippen molar-refractivity contribution in [1.82, 2.24) is 0 Å². The van der Waals surface area contributed by atoms with E-state index in [4.69, 9.17) is 10.2 Å². The topological polar surface area (TPSA) is 57.5 Å². The summed E-state index contributed by atoms with van der Waals surface area (Å²) in [5.41, 5.74) is 0. The average molecular weight is 246 g/mol. The molecule has 5 heteroatoms. The predicted octanol–water partition coefficient (Wildman–Crippen LogP) is 2.70. The van der Waals surface area contributed by atoms with Crippen molar-refractivity contribution in [3.8, 4) is 0 Å². The van der Waals surface area contributed by atoms with Crippen LogP contribution in [0.5, 0.6) is 0 Å². The van der Waals surface area contributed by atoms with E-state index in [9.17, 15) is 4.79 Å². The molecule has 15 heavy (non-hydrogen) atoms. The Morgan fingerprint density at radius 2 is 2.20 bits per heavy atom. The molecule has 0 spiro atoms. The molecule has 1 aromatic rings. The number of aliphatic hydroxyl groups excluding tert-OH is 1. The third-order valence-corrected chi connectivity index (χ3v) is 3.99. The minimum absolute atomic E-state index is 0.256. The summed E-state index contributed by atoms with van der Waals surface area (Å²) >= 11 is 2.94. The Morgan fingerprint density at radius 1 is 1.40 bits per heavy atom. The molecule has 0 aliphatic carbocycles. The molecule has 0 aliphatic rings. The van der Waals surface area contributed by atoms with Crippen LogP contribution in [0, 0.1) is 0 Å². The third kappa shape index (κ3) is 4.68. The minimum atomic E-state index is -0.855. The lowest BCUT2D eigenvalue weighted by molar-refractivity contribution is 0.0702. The summed E-state index contributed by atoms with van der Waals surface area (Å²) < 4.78 is 0. The van der Waals surface area contributed by atoms with Gasteiger partial charge in [-0.05, 0) is 24.7 Å². The number of aliphatic hydroxyl groups is 1. The lowest BCUT2D eigenvalue weighted by Gasteiger charge is -1.97. The van der Waals surface area contributed by atoms with Gasteiger partial charge in [0.05, 0.1) is 0 Å². The van der Waals surface area contributed by atoms with Crippen molar-refractivity contribution in [3.05, 3.63) is 16.3 Å². The van der Waals surface area contributed by atoms with Crippen molar-refractivity contribution >= 4 is 29.1 Å².